The molecule has 7 nitrogen and oxygen atoms in total. The first kappa shape index (κ1) is 19.2. The van der Waals surface area contributed by atoms with Gasteiger partial charge in [-0.3, -0.25) is 4.79 Å². The van der Waals surface area contributed by atoms with E-state index in [1.54, 1.807) is 24.0 Å². The average Bonchev–Trinajstić information content (AvgIpc) is 3.06. The maximum absolute atomic E-state index is 12.7. The number of aromatic nitrogens is 2. The smallest absolute Gasteiger partial charge is 0.422 e. The molecule has 0 N–H and O–H groups in total. The van der Waals surface area contributed by atoms with Crippen LogP contribution in [-0.2, 0) is 16.0 Å². The van der Waals surface area contributed by atoms with Crippen LogP contribution in [0.1, 0.15) is 23.3 Å². The molecule has 10 heteroatoms. The van der Waals surface area contributed by atoms with Gasteiger partial charge in [0.25, 0.3) is 0 Å². The Labute approximate surface area is 153 Å². The minimum Gasteiger partial charge on any atom is -0.484 e. The fourth-order valence-electron chi connectivity index (χ4n) is 2.75. The largest absolute Gasteiger partial charge is 0.484 e. The Morgan fingerprint density at radius 3 is 2.93 bits per heavy atom. The van der Waals surface area contributed by atoms with Crippen LogP contribution in [0.3, 0.4) is 0 Å². The summed E-state index contributed by atoms with van der Waals surface area (Å²) in [5.74, 6) is 0.601. The van der Waals surface area contributed by atoms with Crippen LogP contribution in [0.25, 0.3) is 0 Å². The van der Waals surface area contributed by atoms with Crippen LogP contribution in [0.2, 0.25) is 0 Å². The Morgan fingerprint density at radius 1 is 1.41 bits per heavy atom. The van der Waals surface area contributed by atoms with Crippen molar-refractivity contribution < 1.29 is 32.0 Å². The van der Waals surface area contributed by atoms with Gasteiger partial charge in [0.2, 0.25) is 11.8 Å². The number of carbonyl (C=O) groups is 1. The third-order valence-electron chi connectivity index (χ3n) is 3.95. The molecule has 0 spiro atoms. The van der Waals surface area contributed by atoms with Crippen LogP contribution in [0.5, 0.6) is 5.75 Å². The third-order valence-corrected chi connectivity index (χ3v) is 3.95. The summed E-state index contributed by atoms with van der Waals surface area (Å²) in [4.78, 5) is 18.5. The lowest BCUT2D eigenvalue weighted by atomic mass is 10.1. The number of nitrogens with zero attached hydrogens (tertiary/aromatic N) is 3. The van der Waals surface area contributed by atoms with Gasteiger partial charge in [-0.2, -0.15) is 18.2 Å². The highest BCUT2D eigenvalue weighted by Crippen LogP contribution is 2.24. The molecule has 27 heavy (non-hydrogen) atoms. The zero-order valence-corrected chi connectivity index (χ0v) is 14.5. The van der Waals surface area contributed by atoms with E-state index >= 15 is 0 Å². The standard InChI is InChI=1S/C17H18F3N3O4/c1-11-21-16(22-27-11)14-9-25-6-5-23(14)15(24)8-12-3-2-4-13(7-12)26-10-17(18,19)20/h2-4,7,14H,5-6,8-10H2,1H3. The first-order valence-corrected chi connectivity index (χ1v) is 8.28. The van der Waals surface area contributed by atoms with Crippen molar-refractivity contribution in [1.82, 2.24) is 15.0 Å². The van der Waals surface area contributed by atoms with Crippen molar-refractivity contribution in [2.75, 3.05) is 26.4 Å². The van der Waals surface area contributed by atoms with Crippen molar-refractivity contribution in [3.63, 3.8) is 0 Å². The number of benzene rings is 1. The number of rotatable bonds is 5. The van der Waals surface area contributed by atoms with Crippen molar-refractivity contribution in [3.05, 3.63) is 41.5 Å². The molecule has 1 aliphatic heterocycles. The summed E-state index contributed by atoms with van der Waals surface area (Å²) in [6.45, 7) is 1.26. The van der Waals surface area contributed by atoms with E-state index in [1.807, 2.05) is 0 Å². The molecule has 1 aromatic carbocycles. The minimum absolute atomic E-state index is 0.0105. The molecule has 0 radical (unpaired) electrons. The lowest BCUT2D eigenvalue weighted by Gasteiger charge is -2.33. The molecule has 1 unspecified atom stereocenters. The summed E-state index contributed by atoms with van der Waals surface area (Å²) in [5.41, 5.74) is 0.550. The first-order chi connectivity index (χ1) is 12.8. The highest BCUT2D eigenvalue weighted by Gasteiger charge is 2.32. The number of amides is 1. The van der Waals surface area contributed by atoms with Crippen LogP contribution in [-0.4, -0.2) is 53.5 Å². The summed E-state index contributed by atoms with van der Waals surface area (Å²) in [7, 11) is 0. The molecule has 0 bridgehead atoms. The number of hydrogen-bond acceptors (Lipinski definition) is 6. The van der Waals surface area contributed by atoms with E-state index in [9.17, 15) is 18.0 Å². The molecule has 0 saturated carbocycles. The van der Waals surface area contributed by atoms with Crippen LogP contribution in [0, 0.1) is 6.92 Å². The van der Waals surface area contributed by atoms with Gasteiger partial charge in [-0.15, -0.1) is 0 Å². The first-order valence-electron chi connectivity index (χ1n) is 8.28. The lowest BCUT2D eigenvalue weighted by molar-refractivity contribution is -0.153. The Hall–Kier alpha value is -2.62. The molecule has 146 valence electrons. The second-order valence-electron chi connectivity index (χ2n) is 6.08. The molecule has 1 saturated heterocycles. The van der Waals surface area contributed by atoms with Gasteiger partial charge in [0.15, 0.2) is 12.4 Å². The number of carbonyl (C=O) groups excluding carboxylic acids is 1. The summed E-state index contributed by atoms with van der Waals surface area (Å²) >= 11 is 0. The average molecular weight is 385 g/mol. The van der Waals surface area contributed by atoms with Crippen LogP contribution in [0.15, 0.2) is 28.8 Å². The quantitative estimate of drug-likeness (QED) is 0.787. The van der Waals surface area contributed by atoms with E-state index in [1.165, 1.54) is 12.1 Å². The molecule has 1 aromatic heterocycles. The molecule has 1 fully saturated rings. The van der Waals surface area contributed by atoms with Crippen molar-refractivity contribution in [1.29, 1.82) is 0 Å². The predicted octanol–water partition coefficient (Wildman–Crippen LogP) is 2.46. The zero-order chi connectivity index (χ0) is 19.4. The molecular weight excluding hydrogens is 367 g/mol. The monoisotopic (exact) mass is 385 g/mol. The van der Waals surface area contributed by atoms with Gasteiger partial charge in [0.1, 0.15) is 11.8 Å². The second kappa shape index (κ2) is 7.95. The Morgan fingerprint density at radius 2 is 2.22 bits per heavy atom. The molecule has 1 amide bonds. The molecule has 0 aliphatic carbocycles. The Balaban J connectivity index is 1.68. The Kier molecular flexibility index (Phi) is 5.64. The molecule has 2 heterocycles. The lowest BCUT2D eigenvalue weighted by Crippen LogP contribution is -2.44. The summed E-state index contributed by atoms with van der Waals surface area (Å²) in [6.07, 6.45) is -4.41. The zero-order valence-electron chi connectivity index (χ0n) is 14.5. The third kappa shape index (κ3) is 5.19. The van der Waals surface area contributed by atoms with Gasteiger partial charge >= 0.3 is 6.18 Å². The molecular formula is C17H18F3N3O4. The molecule has 1 aliphatic rings. The van der Waals surface area contributed by atoms with Crippen molar-refractivity contribution in [3.8, 4) is 5.75 Å². The number of alkyl halides is 3. The van der Waals surface area contributed by atoms with Crippen molar-refractivity contribution >= 4 is 5.91 Å². The molecule has 2 aromatic rings. The maximum Gasteiger partial charge on any atom is 0.422 e. The number of halogens is 3. The highest BCUT2D eigenvalue weighted by molar-refractivity contribution is 5.79. The van der Waals surface area contributed by atoms with Crippen molar-refractivity contribution in [2.24, 2.45) is 0 Å². The summed E-state index contributed by atoms with van der Waals surface area (Å²) in [5, 5.41) is 3.85. The van der Waals surface area contributed by atoms with E-state index in [0.717, 1.165) is 0 Å². The molecule has 3 rings (SSSR count). The van der Waals surface area contributed by atoms with Crippen LogP contribution < -0.4 is 4.74 Å². The van der Waals surface area contributed by atoms with Gasteiger partial charge in [0, 0.05) is 13.5 Å². The van der Waals surface area contributed by atoms with Gasteiger partial charge < -0.3 is 18.9 Å². The van der Waals surface area contributed by atoms with E-state index < -0.39 is 18.8 Å². The second-order valence-corrected chi connectivity index (χ2v) is 6.08. The van der Waals surface area contributed by atoms with Gasteiger partial charge in [0.05, 0.1) is 19.6 Å². The predicted molar refractivity (Wildman–Crippen MR) is 86.0 cm³/mol. The van der Waals surface area contributed by atoms with Crippen LogP contribution in [0.4, 0.5) is 13.2 Å². The van der Waals surface area contributed by atoms with Gasteiger partial charge in [-0.25, -0.2) is 0 Å². The van der Waals surface area contributed by atoms with Crippen molar-refractivity contribution in [2.45, 2.75) is 25.6 Å². The number of aryl methyl sites for hydroxylation is 1. The topological polar surface area (TPSA) is 77.7 Å². The maximum atomic E-state index is 12.7. The number of hydrogen-bond donors (Lipinski definition) is 0. The number of morpholine rings is 1. The normalized spacial score (nSPS) is 17.8. The van der Waals surface area contributed by atoms with E-state index in [0.29, 0.717) is 30.4 Å². The van der Waals surface area contributed by atoms with Crippen LogP contribution >= 0.6 is 0 Å². The number of ether oxygens (including phenoxy) is 2. The Bertz CT molecular complexity index is 794. The van der Waals surface area contributed by atoms with E-state index in [-0.39, 0.29) is 24.7 Å². The highest BCUT2D eigenvalue weighted by atomic mass is 19.4. The van der Waals surface area contributed by atoms with E-state index in [2.05, 4.69) is 10.1 Å². The van der Waals surface area contributed by atoms with Gasteiger partial charge in [-0.1, -0.05) is 17.3 Å². The summed E-state index contributed by atoms with van der Waals surface area (Å²) in [6, 6.07) is 5.59. The molecule has 1 atom stereocenters. The fourth-order valence-corrected chi connectivity index (χ4v) is 2.75. The van der Waals surface area contributed by atoms with E-state index in [4.69, 9.17) is 14.0 Å². The summed E-state index contributed by atoms with van der Waals surface area (Å²) < 4.78 is 52.0. The SMILES string of the molecule is Cc1nc(C2COCCN2C(=O)Cc2cccc(OCC(F)(F)F)c2)no1. The van der Waals surface area contributed by atoms with Gasteiger partial charge in [-0.05, 0) is 17.7 Å². The fraction of sp³-hybridized carbons (Fsp3) is 0.471. The minimum atomic E-state index is -4.42.